The molecule has 1 heterocycles. The van der Waals surface area contributed by atoms with E-state index in [1.54, 1.807) is 24.3 Å². The number of aliphatic hydroxyl groups is 1. The SMILES string of the molecule is CC1(C)OC(O)C(c2ccc(F)cc2)=C1c1ccc(S(C)(=O)=O)cc1. The molecular formula is C19H19FO4S. The average molecular weight is 362 g/mol. The van der Waals surface area contributed by atoms with Gasteiger partial charge >= 0.3 is 0 Å². The summed E-state index contributed by atoms with van der Waals surface area (Å²) in [5, 5.41) is 10.4. The Hall–Kier alpha value is -2.02. The lowest BCUT2D eigenvalue weighted by atomic mass is 9.87. The number of benzene rings is 2. The maximum Gasteiger partial charge on any atom is 0.183 e. The summed E-state index contributed by atoms with van der Waals surface area (Å²) in [6, 6.07) is 12.3. The van der Waals surface area contributed by atoms with Crippen LogP contribution in [-0.4, -0.2) is 31.7 Å². The van der Waals surface area contributed by atoms with Crippen LogP contribution in [0.1, 0.15) is 25.0 Å². The van der Waals surface area contributed by atoms with Gasteiger partial charge in [-0.3, -0.25) is 0 Å². The van der Waals surface area contributed by atoms with Crippen molar-refractivity contribution in [1.29, 1.82) is 0 Å². The highest BCUT2D eigenvalue weighted by Gasteiger charge is 2.40. The first-order chi connectivity index (χ1) is 11.6. The molecule has 0 aromatic heterocycles. The predicted octanol–water partition coefficient (Wildman–Crippen LogP) is 3.27. The fourth-order valence-electron chi connectivity index (χ4n) is 3.13. The zero-order chi connectivity index (χ0) is 18.4. The average Bonchev–Trinajstić information content (AvgIpc) is 2.76. The Morgan fingerprint density at radius 3 is 2.04 bits per heavy atom. The van der Waals surface area contributed by atoms with Crippen LogP contribution in [0, 0.1) is 5.82 Å². The lowest BCUT2D eigenvalue weighted by Gasteiger charge is -2.22. The quantitative estimate of drug-likeness (QED) is 0.910. The maximum absolute atomic E-state index is 13.2. The van der Waals surface area contributed by atoms with E-state index in [1.807, 2.05) is 13.8 Å². The molecule has 0 amide bonds. The molecule has 0 aliphatic carbocycles. The van der Waals surface area contributed by atoms with E-state index in [0.717, 1.165) is 17.4 Å². The van der Waals surface area contributed by atoms with Crippen LogP contribution in [0.25, 0.3) is 11.1 Å². The lowest BCUT2D eigenvalue weighted by Crippen LogP contribution is -2.24. The Balaban J connectivity index is 2.18. The summed E-state index contributed by atoms with van der Waals surface area (Å²) < 4.78 is 42.2. The van der Waals surface area contributed by atoms with Gasteiger partial charge in [-0.1, -0.05) is 24.3 Å². The Morgan fingerprint density at radius 1 is 1.00 bits per heavy atom. The van der Waals surface area contributed by atoms with Gasteiger partial charge in [-0.05, 0) is 54.8 Å². The summed E-state index contributed by atoms with van der Waals surface area (Å²) in [5.41, 5.74) is 1.91. The van der Waals surface area contributed by atoms with Crippen molar-refractivity contribution in [1.82, 2.24) is 0 Å². The second-order valence-corrected chi connectivity index (χ2v) is 8.59. The van der Waals surface area contributed by atoms with Crippen molar-refractivity contribution in [2.24, 2.45) is 0 Å². The standard InChI is InChI=1S/C19H19FO4S/c1-19(2)17(13-6-10-15(11-7-13)25(3,22)23)16(18(21)24-19)12-4-8-14(20)9-5-12/h4-11,18,21H,1-3H3. The van der Waals surface area contributed by atoms with Crippen LogP contribution in [0.2, 0.25) is 0 Å². The third kappa shape index (κ3) is 3.38. The minimum absolute atomic E-state index is 0.220. The van der Waals surface area contributed by atoms with Gasteiger partial charge in [0.25, 0.3) is 0 Å². The minimum atomic E-state index is -3.29. The number of rotatable bonds is 3. The van der Waals surface area contributed by atoms with E-state index in [0.29, 0.717) is 11.1 Å². The van der Waals surface area contributed by atoms with E-state index < -0.39 is 21.7 Å². The molecule has 6 heteroatoms. The number of sulfone groups is 1. The number of hydrogen-bond donors (Lipinski definition) is 1. The normalized spacial score (nSPS) is 20.1. The topological polar surface area (TPSA) is 63.6 Å². The molecule has 0 radical (unpaired) electrons. The highest BCUT2D eigenvalue weighted by atomic mass is 32.2. The molecule has 1 N–H and O–H groups in total. The number of hydrogen-bond acceptors (Lipinski definition) is 4. The van der Waals surface area contributed by atoms with Gasteiger partial charge < -0.3 is 9.84 Å². The van der Waals surface area contributed by atoms with E-state index in [4.69, 9.17) is 4.74 Å². The summed E-state index contributed by atoms with van der Waals surface area (Å²) in [4.78, 5) is 0.220. The number of halogens is 1. The largest absolute Gasteiger partial charge is 0.364 e. The van der Waals surface area contributed by atoms with Crippen LogP contribution in [0.15, 0.2) is 53.4 Å². The third-order valence-electron chi connectivity index (χ3n) is 4.25. The molecule has 132 valence electrons. The van der Waals surface area contributed by atoms with E-state index in [-0.39, 0.29) is 10.7 Å². The first kappa shape index (κ1) is 17.8. The van der Waals surface area contributed by atoms with Crippen molar-refractivity contribution in [2.75, 3.05) is 6.26 Å². The third-order valence-corrected chi connectivity index (χ3v) is 5.38. The highest BCUT2D eigenvalue weighted by molar-refractivity contribution is 7.90. The molecule has 0 spiro atoms. The van der Waals surface area contributed by atoms with Crippen molar-refractivity contribution in [3.63, 3.8) is 0 Å². The molecule has 0 saturated heterocycles. The van der Waals surface area contributed by atoms with Gasteiger partial charge in [-0.25, -0.2) is 12.8 Å². The van der Waals surface area contributed by atoms with Crippen molar-refractivity contribution < 1.29 is 22.7 Å². The summed E-state index contributed by atoms with van der Waals surface area (Å²) in [6.07, 6.45) is 0.00228. The van der Waals surface area contributed by atoms with Crippen molar-refractivity contribution in [3.05, 3.63) is 65.5 Å². The molecule has 25 heavy (non-hydrogen) atoms. The summed E-state index contributed by atoms with van der Waals surface area (Å²) >= 11 is 0. The van der Waals surface area contributed by atoms with Crippen molar-refractivity contribution in [2.45, 2.75) is 30.6 Å². The summed E-state index contributed by atoms with van der Waals surface area (Å²) in [5.74, 6) is -0.365. The Bertz CT molecular complexity index is 926. The Kier molecular flexibility index (Phi) is 4.31. The second-order valence-electron chi connectivity index (χ2n) is 6.57. The Morgan fingerprint density at radius 2 is 1.52 bits per heavy atom. The molecule has 3 rings (SSSR count). The van der Waals surface area contributed by atoms with Gasteiger partial charge in [-0.15, -0.1) is 0 Å². The number of ether oxygens (including phenoxy) is 1. The van der Waals surface area contributed by atoms with E-state index in [9.17, 15) is 17.9 Å². The van der Waals surface area contributed by atoms with Gasteiger partial charge in [0.15, 0.2) is 16.1 Å². The van der Waals surface area contributed by atoms with Crippen LogP contribution >= 0.6 is 0 Å². The Labute approximate surface area is 146 Å². The molecule has 2 aromatic rings. The van der Waals surface area contributed by atoms with Gasteiger partial charge in [0.2, 0.25) is 0 Å². The predicted molar refractivity (Wildman–Crippen MR) is 93.9 cm³/mol. The molecule has 1 aliphatic rings. The van der Waals surface area contributed by atoms with Crippen LogP contribution in [0.4, 0.5) is 4.39 Å². The molecule has 0 saturated carbocycles. The molecule has 0 bridgehead atoms. The molecular weight excluding hydrogens is 343 g/mol. The molecule has 0 fully saturated rings. The first-order valence-corrected chi connectivity index (χ1v) is 9.66. The lowest BCUT2D eigenvalue weighted by molar-refractivity contribution is -0.101. The van der Waals surface area contributed by atoms with Crippen molar-refractivity contribution in [3.8, 4) is 0 Å². The maximum atomic E-state index is 13.2. The van der Waals surface area contributed by atoms with Gasteiger partial charge in [-0.2, -0.15) is 0 Å². The zero-order valence-electron chi connectivity index (χ0n) is 14.2. The van der Waals surface area contributed by atoms with E-state index in [2.05, 4.69) is 0 Å². The first-order valence-electron chi connectivity index (χ1n) is 7.76. The van der Waals surface area contributed by atoms with Gasteiger partial charge in [0.05, 0.1) is 10.5 Å². The molecule has 2 aromatic carbocycles. The highest BCUT2D eigenvalue weighted by Crippen LogP contribution is 2.45. The number of aliphatic hydroxyl groups excluding tert-OH is 1. The minimum Gasteiger partial charge on any atom is -0.364 e. The molecule has 1 aliphatic heterocycles. The van der Waals surface area contributed by atoms with E-state index >= 15 is 0 Å². The van der Waals surface area contributed by atoms with Crippen LogP contribution in [0.3, 0.4) is 0 Å². The van der Waals surface area contributed by atoms with E-state index in [1.165, 1.54) is 24.3 Å². The fourth-order valence-corrected chi connectivity index (χ4v) is 3.76. The summed E-state index contributed by atoms with van der Waals surface area (Å²) in [7, 11) is -3.29. The second kappa shape index (κ2) is 6.05. The fraction of sp³-hybridized carbons (Fsp3) is 0.263. The monoisotopic (exact) mass is 362 g/mol. The molecule has 4 nitrogen and oxygen atoms in total. The van der Waals surface area contributed by atoms with Gasteiger partial charge in [0.1, 0.15) is 5.82 Å². The van der Waals surface area contributed by atoms with Crippen molar-refractivity contribution >= 4 is 21.0 Å². The smallest absolute Gasteiger partial charge is 0.183 e. The van der Waals surface area contributed by atoms with Crippen LogP contribution < -0.4 is 0 Å². The van der Waals surface area contributed by atoms with Gasteiger partial charge in [0, 0.05) is 11.8 Å². The molecule has 1 unspecified atom stereocenters. The zero-order valence-corrected chi connectivity index (χ0v) is 15.0. The van der Waals surface area contributed by atoms with Crippen LogP contribution in [-0.2, 0) is 14.6 Å². The molecule has 1 atom stereocenters. The summed E-state index contributed by atoms with van der Waals surface area (Å²) in [6.45, 7) is 3.65. The van der Waals surface area contributed by atoms with Crippen LogP contribution in [0.5, 0.6) is 0 Å².